The van der Waals surface area contributed by atoms with Gasteiger partial charge < -0.3 is 20.6 Å². The Labute approximate surface area is 212 Å². The Morgan fingerprint density at radius 2 is 1.75 bits per heavy atom. The van der Waals surface area contributed by atoms with E-state index in [9.17, 15) is 9.90 Å². The topological polar surface area (TPSA) is 90.3 Å². The maximum absolute atomic E-state index is 12.7. The second-order valence-electron chi connectivity index (χ2n) is 11.1. The number of nitrogens with zero attached hydrogens (tertiary/aromatic N) is 5. The van der Waals surface area contributed by atoms with Crippen molar-refractivity contribution in [1.82, 2.24) is 19.4 Å². The molecular weight excluding hydrogens is 452 g/mol. The van der Waals surface area contributed by atoms with E-state index in [2.05, 4.69) is 71.3 Å². The summed E-state index contributed by atoms with van der Waals surface area (Å²) in [6.45, 7) is 8.79. The van der Waals surface area contributed by atoms with Crippen LogP contribution < -0.4 is 10.6 Å². The number of fused-ring (bicyclic) bond motifs is 1. The number of aromatic nitrogens is 2. The standard InChI is InChI=1S/C28H36N6O2/c1-19(2)33-17-28(36,18-33)23-5-3-20(4-6-23)22-15-26-25(7-8-30-34(26)16-22)31-9-11-32(12-10-31)27(35)21-13-24(29)14-21/h3-8,15-16,19,21,24,36H,9-14,17-18,29H2,1-2H3. The Kier molecular flexibility index (Phi) is 5.78. The lowest BCUT2D eigenvalue weighted by atomic mass is 9.80. The lowest BCUT2D eigenvalue weighted by Gasteiger charge is -2.49. The smallest absolute Gasteiger partial charge is 0.225 e. The molecule has 190 valence electrons. The molecule has 3 N–H and O–H groups in total. The van der Waals surface area contributed by atoms with Crippen LogP contribution in [0.2, 0.25) is 0 Å². The van der Waals surface area contributed by atoms with Gasteiger partial charge in [-0.25, -0.2) is 4.52 Å². The number of anilines is 1. The first-order chi connectivity index (χ1) is 17.3. The SMILES string of the molecule is CC(C)N1CC(O)(c2ccc(-c3cc4c(N5CCN(C(=O)C6CC(N)C6)CC5)ccnn4c3)cc2)C1. The zero-order chi connectivity index (χ0) is 25.0. The molecule has 8 heteroatoms. The van der Waals surface area contributed by atoms with Crippen LogP contribution in [0.25, 0.3) is 16.6 Å². The third-order valence-electron chi connectivity index (χ3n) is 8.36. The van der Waals surface area contributed by atoms with Crippen LogP contribution in [0.4, 0.5) is 5.69 Å². The van der Waals surface area contributed by atoms with Crippen LogP contribution in [0.3, 0.4) is 0 Å². The van der Waals surface area contributed by atoms with Crippen molar-refractivity contribution < 1.29 is 9.90 Å². The van der Waals surface area contributed by atoms with Gasteiger partial charge in [0.25, 0.3) is 0 Å². The highest BCUT2D eigenvalue weighted by Crippen LogP contribution is 2.35. The number of nitrogens with two attached hydrogens (primary N) is 1. The highest BCUT2D eigenvalue weighted by molar-refractivity contribution is 5.82. The summed E-state index contributed by atoms with van der Waals surface area (Å²) in [6, 6.07) is 13.2. The first-order valence-electron chi connectivity index (χ1n) is 13.1. The van der Waals surface area contributed by atoms with Crippen LogP contribution in [0.15, 0.2) is 48.8 Å². The highest BCUT2D eigenvalue weighted by Gasteiger charge is 2.43. The van der Waals surface area contributed by atoms with E-state index in [-0.39, 0.29) is 17.9 Å². The molecule has 2 aromatic heterocycles. The molecule has 3 aliphatic rings. The van der Waals surface area contributed by atoms with Gasteiger partial charge in [-0.1, -0.05) is 24.3 Å². The van der Waals surface area contributed by atoms with E-state index in [0.29, 0.717) is 19.1 Å². The summed E-state index contributed by atoms with van der Waals surface area (Å²) in [6.07, 6.45) is 5.56. The maximum Gasteiger partial charge on any atom is 0.225 e. The lowest BCUT2D eigenvalue weighted by Crippen LogP contribution is -2.61. The van der Waals surface area contributed by atoms with Crippen molar-refractivity contribution in [2.45, 2.75) is 44.4 Å². The minimum absolute atomic E-state index is 0.123. The molecule has 0 radical (unpaired) electrons. The van der Waals surface area contributed by atoms with Gasteiger partial charge in [-0.05, 0) is 49.9 Å². The normalized spacial score (nSPS) is 24.1. The number of amides is 1. The minimum Gasteiger partial charge on any atom is -0.382 e. The van der Waals surface area contributed by atoms with Crippen molar-refractivity contribution in [3.63, 3.8) is 0 Å². The van der Waals surface area contributed by atoms with Gasteiger partial charge in [-0.2, -0.15) is 5.10 Å². The number of piperazine rings is 1. The van der Waals surface area contributed by atoms with Crippen LogP contribution in [0, 0.1) is 5.92 Å². The van der Waals surface area contributed by atoms with Crippen LogP contribution in [-0.2, 0) is 10.4 Å². The van der Waals surface area contributed by atoms with E-state index < -0.39 is 5.60 Å². The van der Waals surface area contributed by atoms with Gasteiger partial charge in [-0.15, -0.1) is 0 Å². The van der Waals surface area contributed by atoms with E-state index in [0.717, 1.165) is 66.9 Å². The molecule has 0 bridgehead atoms. The lowest BCUT2D eigenvalue weighted by molar-refractivity contribution is -0.139. The molecule has 3 aromatic rings. The Balaban J connectivity index is 1.16. The fraction of sp³-hybridized carbons (Fsp3) is 0.500. The molecule has 1 aromatic carbocycles. The van der Waals surface area contributed by atoms with Crippen molar-refractivity contribution in [2.24, 2.45) is 11.7 Å². The molecule has 36 heavy (non-hydrogen) atoms. The van der Waals surface area contributed by atoms with E-state index in [1.54, 1.807) is 0 Å². The molecule has 0 spiro atoms. The molecular formula is C28H36N6O2. The number of rotatable bonds is 5. The third kappa shape index (κ3) is 4.07. The molecule has 1 aliphatic carbocycles. The minimum atomic E-state index is -0.753. The number of carbonyl (C=O) groups excluding carboxylic acids is 1. The predicted octanol–water partition coefficient (Wildman–Crippen LogP) is 2.30. The van der Waals surface area contributed by atoms with E-state index in [4.69, 9.17) is 5.73 Å². The predicted molar refractivity (Wildman–Crippen MR) is 141 cm³/mol. The van der Waals surface area contributed by atoms with Gasteiger partial charge in [0, 0.05) is 75.2 Å². The number of carbonyl (C=O) groups is 1. The van der Waals surface area contributed by atoms with Crippen molar-refractivity contribution in [2.75, 3.05) is 44.2 Å². The maximum atomic E-state index is 12.7. The molecule has 3 fully saturated rings. The van der Waals surface area contributed by atoms with Gasteiger partial charge >= 0.3 is 0 Å². The Bertz CT molecular complexity index is 1250. The zero-order valence-corrected chi connectivity index (χ0v) is 21.2. The van der Waals surface area contributed by atoms with Gasteiger partial charge in [0.1, 0.15) is 5.60 Å². The Morgan fingerprint density at radius 1 is 1.06 bits per heavy atom. The van der Waals surface area contributed by atoms with Crippen molar-refractivity contribution in [3.8, 4) is 11.1 Å². The quantitative estimate of drug-likeness (QED) is 0.573. The number of aliphatic hydroxyl groups is 1. The average molecular weight is 489 g/mol. The first kappa shape index (κ1) is 23.5. The number of hydrogen-bond acceptors (Lipinski definition) is 6. The average Bonchev–Trinajstić information content (AvgIpc) is 3.29. The summed E-state index contributed by atoms with van der Waals surface area (Å²) >= 11 is 0. The molecule has 1 amide bonds. The second-order valence-corrected chi connectivity index (χ2v) is 11.1. The van der Waals surface area contributed by atoms with E-state index in [1.807, 2.05) is 15.6 Å². The number of β-amino-alcohol motifs (C(OH)–C–C–N with tert-alkyl or cyclic N) is 1. The fourth-order valence-electron chi connectivity index (χ4n) is 5.86. The van der Waals surface area contributed by atoms with E-state index >= 15 is 0 Å². The summed E-state index contributed by atoms with van der Waals surface area (Å²) in [5.74, 6) is 0.394. The molecule has 0 unspecified atom stereocenters. The summed E-state index contributed by atoms with van der Waals surface area (Å²) in [5.41, 5.74) is 10.5. The molecule has 1 saturated carbocycles. The summed E-state index contributed by atoms with van der Waals surface area (Å²) < 4.78 is 1.94. The van der Waals surface area contributed by atoms with Gasteiger partial charge in [0.2, 0.25) is 5.91 Å². The van der Waals surface area contributed by atoms with Crippen LogP contribution in [-0.4, -0.2) is 81.8 Å². The van der Waals surface area contributed by atoms with Gasteiger partial charge in [0.05, 0.1) is 11.2 Å². The van der Waals surface area contributed by atoms with Gasteiger partial charge in [0.15, 0.2) is 0 Å². The largest absolute Gasteiger partial charge is 0.382 e. The van der Waals surface area contributed by atoms with Crippen LogP contribution >= 0.6 is 0 Å². The zero-order valence-electron chi connectivity index (χ0n) is 21.2. The third-order valence-corrected chi connectivity index (χ3v) is 8.36. The summed E-state index contributed by atoms with van der Waals surface area (Å²) in [7, 11) is 0. The molecule has 0 atom stereocenters. The first-order valence-corrected chi connectivity index (χ1v) is 13.1. The van der Waals surface area contributed by atoms with Crippen LogP contribution in [0.5, 0.6) is 0 Å². The highest BCUT2D eigenvalue weighted by atomic mass is 16.3. The molecule has 8 nitrogen and oxygen atoms in total. The molecule has 6 rings (SSSR count). The van der Waals surface area contributed by atoms with Crippen molar-refractivity contribution in [1.29, 1.82) is 0 Å². The van der Waals surface area contributed by atoms with Crippen LogP contribution in [0.1, 0.15) is 32.3 Å². The second kappa shape index (κ2) is 8.87. The number of likely N-dealkylation sites (tertiary alicyclic amines) is 1. The summed E-state index contributed by atoms with van der Waals surface area (Å²) in [5, 5.41) is 15.5. The number of hydrogen-bond donors (Lipinski definition) is 2. The Hall–Kier alpha value is -2.94. The fourth-order valence-corrected chi connectivity index (χ4v) is 5.86. The van der Waals surface area contributed by atoms with Crippen molar-refractivity contribution in [3.05, 3.63) is 54.4 Å². The molecule has 4 heterocycles. The van der Waals surface area contributed by atoms with E-state index in [1.165, 1.54) is 0 Å². The monoisotopic (exact) mass is 488 g/mol. The Morgan fingerprint density at radius 3 is 2.39 bits per heavy atom. The molecule has 2 saturated heterocycles. The van der Waals surface area contributed by atoms with Gasteiger partial charge in [-0.3, -0.25) is 9.69 Å². The number of benzene rings is 1. The molecule has 2 aliphatic heterocycles. The summed E-state index contributed by atoms with van der Waals surface area (Å²) in [4.78, 5) is 19.4. The van der Waals surface area contributed by atoms with Crippen molar-refractivity contribution >= 4 is 17.1 Å².